The van der Waals surface area contributed by atoms with Gasteiger partial charge in [-0.05, 0) is 40.0 Å². The van der Waals surface area contributed by atoms with Gasteiger partial charge in [0.1, 0.15) is 5.60 Å². The van der Waals surface area contributed by atoms with Gasteiger partial charge in [0.2, 0.25) is 0 Å². The Hall–Kier alpha value is -0.770. The summed E-state index contributed by atoms with van der Waals surface area (Å²) in [6.45, 7) is 8.41. The summed E-state index contributed by atoms with van der Waals surface area (Å²) in [4.78, 5) is 11.6. The van der Waals surface area contributed by atoms with Crippen molar-refractivity contribution in [3.63, 3.8) is 0 Å². The summed E-state index contributed by atoms with van der Waals surface area (Å²) < 4.78 is 5.22. The lowest BCUT2D eigenvalue weighted by Gasteiger charge is -2.24. The number of rotatable bonds is 5. The molecule has 0 aromatic carbocycles. The second-order valence-corrected chi connectivity index (χ2v) is 6.14. The Bertz CT molecular complexity index is 255. The Morgan fingerprint density at radius 2 is 1.94 bits per heavy atom. The van der Waals surface area contributed by atoms with Crippen LogP contribution in [0.2, 0.25) is 0 Å². The van der Waals surface area contributed by atoms with Crippen LogP contribution in [0, 0.1) is 0 Å². The van der Waals surface area contributed by atoms with Gasteiger partial charge < -0.3 is 15.4 Å². The highest BCUT2D eigenvalue weighted by Crippen LogP contribution is 2.18. The molecular weight excluding hydrogens is 228 g/mol. The number of ether oxygens (including phenoxy) is 1. The third-order valence-corrected chi connectivity index (χ3v) is 3.21. The maximum absolute atomic E-state index is 11.6. The minimum atomic E-state index is -0.426. The van der Waals surface area contributed by atoms with Crippen molar-refractivity contribution in [2.45, 2.75) is 77.5 Å². The molecule has 0 heterocycles. The number of carbonyl (C=O) groups excluding carboxylic acids is 1. The van der Waals surface area contributed by atoms with Gasteiger partial charge in [0.25, 0.3) is 0 Å². The fraction of sp³-hybridized carbons (Fsp3) is 0.929. The van der Waals surface area contributed by atoms with E-state index in [9.17, 15) is 4.79 Å². The molecule has 4 heteroatoms. The van der Waals surface area contributed by atoms with E-state index >= 15 is 0 Å². The van der Waals surface area contributed by atoms with Crippen LogP contribution in [0.4, 0.5) is 4.79 Å². The molecule has 0 saturated heterocycles. The average Bonchev–Trinajstić information content (AvgIpc) is 2.74. The van der Waals surface area contributed by atoms with Crippen LogP contribution in [0.3, 0.4) is 0 Å². The number of alkyl carbamates (subject to hydrolysis) is 1. The molecule has 0 aromatic rings. The van der Waals surface area contributed by atoms with Crippen LogP contribution in [-0.4, -0.2) is 30.3 Å². The topological polar surface area (TPSA) is 50.4 Å². The Morgan fingerprint density at radius 1 is 1.33 bits per heavy atom. The number of hydrogen-bond donors (Lipinski definition) is 2. The Kier molecular flexibility index (Phi) is 5.93. The summed E-state index contributed by atoms with van der Waals surface area (Å²) in [7, 11) is 0. The lowest BCUT2D eigenvalue weighted by Crippen LogP contribution is -2.45. The minimum Gasteiger partial charge on any atom is -0.444 e. The Labute approximate surface area is 111 Å². The van der Waals surface area contributed by atoms with E-state index in [-0.39, 0.29) is 6.09 Å². The van der Waals surface area contributed by atoms with Crippen molar-refractivity contribution in [1.29, 1.82) is 0 Å². The predicted octanol–water partition coefficient (Wildman–Crippen LogP) is 2.82. The van der Waals surface area contributed by atoms with E-state index in [1.54, 1.807) is 0 Å². The van der Waals surface area contributed by atoms with Gasteiger partial charge in [0.15, 0.2) is 0 Å². The van der Waals surface area contributed by atoms with Crippen LogP contribution in [-0.2, 0) is 4.74 Å². The second-order valence-electron chi connectivity index (χ2n) is 6.14. The van der Waals surface area contributed by atoms with Crippen LogP contribution in [0.1, 0.15) is 59.8 Å². The highest BCUT2D eigenvalue weighted by Gasteiger charge is 2.20. The summed E-state index contributed by atoms with van der Waals surface area (Å²) in [5.41, 5.74) is -0.426. The van der Waals surface area contributed by atoms with E-state index in [1.807, 2.05) is 20.8 Å². The maximum atomic E-state index is 11.6. The molecule has 1 saturated carbocycles. The van der Waals surface area contributed by atoms with Crippen LogP contribution in [0.25, 0.3) is 0 Å². The summed E-state index contributed by atoms with van der Waals surface area (Å²) >= 11 is 0. The number of amides is 1. The Balaban J connectivity index is 2.23. The largest absolute Gasteiger partial charge is 0.444 e. The first kappa shape index (κ1) is 15.3. The van der Waals surface area contributed by atoms with Gasteiger partial charge in [-0.2, -0.15) is 0 Å². The molecule has 1 rings (SSSR count). The molecule has 1 aliphatic carbocycles. The Morgan fingerprint density at radius 3 is 2.44 bits per heavy atom. The molecule has 18 heavy (non-hydrogen) atoms. The van der Waals surface area contributed by atoms with Crippen LogP contribution in [0.5, 0.6) is 0 Å². The maximum Gasteiger partial charge on any atom is 0.407 e. The third kappa shape index (κ3) is 6.24. The number of carbonyl (C=O) groups is 1. The van der Waals surface area contributed by atoms with E-state index in [4.69, 9.17) is 4.74 Å². The van der Waals surface area contributed by atoms with Crippen molar-refractivity contribution < 1.29 is 9.53 Å². The molecule has 0 bridgehead atoms. The molecule has 0 spiro atoms. The standard InChI is InChI=1S/C14H28N2O2/c1-5-11(16-12-8-6-7-9-12)10-15-13(17)18-14(2,3)4/h11-12,16H,5-10H2,1-4H3,(H,15,17). The second kappa shape index (κ2) is 6.98. The summed E-state index contributed by atoms with van der Waals surface area (Å²) in [5, 5.41) is 6.45. The predicted molar refractivity (Wildman–Crippen MR) is 73.7 cm³/mol. The summed E-state index contributed by atoms with van der Waals surface area (Å²) in [6.07, 6.45) is 5.88. The lowest BCUT2D eigenvalue weighted by molar-refractivity contribution is 0.0521. The van der Waals surface area contributed by atoms with Crippen molar-refractivity contribution in [3.05, 3.63) is 0 Å². The normalized spacial score (nSPS) is 18.7. The molecule has 1 fully saturated rings. The molecule has 1 atom stereocenters. The van der Waals surface area contributed by atoms with Gasteiger partial charge >= 0.3 is 6.09 Å². The average molecular weight is 256 g/mol. The van der Waals surface area contributed by atoms with Gasteiger partial charge in [-0.25, -0.2) is 4.79 Å². The van der Waals surface area contributed by atoms with Crippen LogP contribution >= 0.6 is 0 Å². The zero-order chi connectivity index (χ0) is 13.6. The van der Waals surface area contributed by atoms with Crippen molar-refractivity contribution >= 4 is 6.09 Å². The van der Waals surface area contributed by atoms with Gasteiger partial charge in [-0.1, -0.05) is 19.8 Å². The van der Waals surface area contributed by atoms with Gasteiger partial charge in [-0.3, -0.25) is 0 Å². The number of hydrogen-bond acceptors (Lipinski definition) is 3. The van der Waals surface area contributed by atoms with Crippen molar-refractivity contribution in [3.8, 4) is 0 Å². The molecule has 4 nitrogen and oxygen atoms in total. The van der Waals surface area contributed by atoms with E-state index in [0.717, 1.165) is 6.42 Å². The summed E-state index contributed by atoms with van der Waals surface area (Å²) in [5.74, 6) is 0. The van der Waals surface area contributed by atoms with Crippen molar-refractivity contribution in [2.24, 2.45) is 0 Å². The van der Waals surface area contributed by atoms with Crippen molar-refractivity contribution in [1.82, 2.24) is 10.6 Å². The monoisotopic (exact) mass is 256 g/mol. The zero-order valence-corrected chi connectivity index (χ0v) is 12.2. The fourth-order valence-electron chi connectivity index (χ4n) is 2.27. The van der Waals surface area contributed by atoms with Crippen molar-refractivity contribution in [2.75, 3.05) is 6.54 Å². The molecule has 106 valence electrons. The third-order valence-electron chi connectivity index (χ3n) is 3.21. The molecule has 1 amide bonds. The molecule has 1 unspecified atom stereocenters. The quantitative estimate of drug-likeness (QED) is 0.795. The molecular formula is C14H28N2O2. The summed E-state index contributed by atoms with van der Waals surface area (Å²) in [6, 6.07) is 0.982. The first-order valence-corrected chi connectivity index (χ1v) is 7.13. The van der Waals surface area contributed by atoms with Crippen LogP contribution < -0.4 is 10.6 Å². The molecule has 0 aromatic heterocycles. The van der Waals surface area contributed by atoms with E-state index in [0.29, 0.717) is 18.6 Å². The van der Waals surface area contributed by atoms with E-state index in [1.165, 1.54) is 25.7 Å². The molecule has 1 aliphatic rings. The van der Waals surface area contributed by atoms with Gasteiger partial charge in [-0.15, -0.1) is 0 Å². The lowest BCUT2D eigenvalue weighted by atomic mass is 10.1. The van der Waals surface area contributed by atoms with Crippen LogP contribution in [0.15, 0.2) is 0 Å². The van der Waals surface area contributed by atoms with E-state index in [2.05, 4.69) is 17.6 Å². The first-order valence-electron chi connectivity index (χ1n) is 7.13. The first-order chi connectivity index (χ1) is 8.40. The molecule has 0 radical (unpaired) electrons. The molecule has 2 N–H and O–H groups in total. The van der Waals surface area contributed by atoms with E-state index < -0.39 is 5.60 Å². The smallest absolute Gasteiger partial charge is 0.407 e. The molecule has 0 aliphatic heterocycles. The fourth-order valence-corrected chi connectivity index (χ4v) is 2.27. The zero-order valence-electron chi connectivity index (χ0n) is 12.2. The van der Waals surface area contributed by atoms with Gasteiger partial charge in [0.05, 0.1) is 0 Å². The highest BCUT2D eigenvalue weighted by molar-refractivity contribution is 5.67. The van der Waals surface area contributed by atoms with Gasteiger partial charge in [0, 0.05) is 18.6 Å². The SMILES string of the molecule is CCC(CNC(=O)OC(C)(C)C)NC1CCCC1. The number of nitrogens with one attached hydrogen (secondary N) is 2. The highest BCUT2D eigenvalue weighted by atomic mass is 16.6. The minimum absolute atomic E-state index is 0.325.